The van der Waals surface area contributed by atoms with Gasteiger partial charge in [-0.25, -0.2) is 4.57 Å². The molecule has 0 spiro atoms. The summed E-state index contributed by atoms with van der Waals surface area (Å²) in [6, 6.07) is 0. The molecule has 31 heavy (non-hydrogen) atoms. The number of ether oxygens (including phenoxy) is 2. The Morgan fingerprint density at radius 2 is 1.55 bits per heavy atom. The van der Waals surface area contributed by atoms with Crippen LogP contribution in [0.25, 0.3) is 0 Å². The molecule has 0 heterocycles. The number of nitrogens with zero attached hydrogens (tertiary/aromatic N) is 1. The summed E-state index contributed by atoms with van der Waals surface area (Å²) in [5.74, 6) is -0.839. The van der Waals surface area contributed by atoms with Gasteiger partial charge in [-0.15, -0.1) is 0 Å². The van der Waals surface area contributed by atoms with Crippen molar-refractivity contribution >= 4 is 13.8 Å². The minimum Gasteiger partial charge on any atom is -0.481 e. The second-order valence-corrected chi connectivity index (χ2v) is 10.3. The van der Waals surface area contributed by atoms with Crippen molar-refractivity contribution in [2.45, 2.75) is 70.8 Å². The number of quaternary nitrogens is 1. The summed E-state index contributed by atoms with van der Waals surface area (Å²) in [4.78, 5) is 20.5. The molecule has 0 aliphatic carbocycles. The van der Waals surface area contributed by atoms with Crippen LogP contribution in [0.4, 0.5) is 0 Å². The highest BCUT2D eigenvalue weighted by Crippen LogP contribution is 2.43. The Hall–Kier alpha value is -0.540. The molecule has 0 aliphatic heterocycles. The third kappa shape index (κ3) is 22.4. The summed E-state index contributed by atoms with van der Waals surface area (Å²) in [6.45, 7) is 3.90. The molecule has 0 aromatic heterocycles. The number of hydrogen-bond acceptors (Lipinski definition) is 6. The molecule has 2 unspecified atom stereocenters. The summed E-state index contributed by atoms with van der Waals surface area (Å²) < 4.78 is 34.2. The molecular formula is C21H45NO8P+. The molecule has 0 aliphatic rings. The van der Waals surface area contributed by atoms with E-state index in [4.69, 9.17) is 23.6 Å². The van der Waals surface area contributed by atoms with Crippen molar-refractivity contribution in [2.75, 3.05) is 60.7 Å². The molecule has 0 rings (SSSR count). The minimum atomic E-state index is -4.17. The number of phosphoric ester groups is 1. The molecule has 0 amide bonds. The van der Waals surface area contributed by atoms with Crippen molar-refractivity contribution < 1.29 is 42.4 Å². The first-order valence-corrected chi connectivity index (χ1v) is 12.9. The predicted octanol–water partition coefficient (Wildman–Crippen LogP) is 3.84. The zero-order valence-electron chi connectivity index (χ0n) is 19.9. The van der Waals surface area contributed by atoms with Crippen LogP contribution in [0.5, 0.6) is 0 Å². The molecule has 0 saturated carbocycles. The Balaban J connectivity index is 4.28. The Labute approximate surface area is 188 Å². The number of hydrogen-bond donors (Lipinski definition) is 2. The number of carbonyl (C=O) groups is 1. The lowest BCUT2D eigenvalue weighted by Crippen LogP contribution is -2.37. The Bertz CT molecular complexity index is 498. The molecule has 0 aromatic rings. The van der Waals surface area contributed by atoms with Crippen molar-refractivity contribution in [3.05, 3.63) is 0 Å². The molecule has 2 N–H and O–H groups in total. The van der Waals surface area contributed by atoms with Gasteiger partial charge < -0.3 is 24.0 Å². The quantitative estimate of drug-likeness (QED) is 0.139. The number of carboxylic acids is 1. The Morgan fingerprint density at radius 1 is 0.903 bits per heavy atom. The second-order valence-electron chi connectivity index (χ2n) is 8.80. The van der Waals surface area contributed by atoms with Gasteiger partial charge in [0.25, 0.3) is 0 Å². The van der Waals surface area contributed by atoms with Crippen LogP contribution in [-0.2, 0) is 27.9 Å². The third-order valence-electron chi connectivity index (χ3n) is 4.52. The highest BCUT2D eigenvalue weighted by Gasteiger charge is 2.25. The van der Waals surface area contributed by atoms with Gasteiger partial charge in [0.05, 0.1) is 34.4 Å². The minimum absolute atomic E-state index is 0.0883. The Morgan fingerprint density at radius 3 is 2.19 bits per heavy atom. The van der Waals surface area contributed by atoms with E-state index in [1.807, 2.05) is 21.1 Å². The van der Waals surface area contributed by atoms with Crippen LogP contribution in [0, 0.1) is 0 Å². The monoisotopic (exact) mass is 470 g/mol. The van der Waals surface area contributed by atoms with E-state index in [-0.39, 0.29) is 26.2 Å². The van der Waals surface area contributed by atoms with Gasteiger partial charge in [0.15, 0.2) is 0 Å². The van der Waals surface area contributed by atoms with Crippen LogP contribution in [0.15, 0.2) is 0 Å². The van der Waals surface area contributed by atoms with Crippen molar-refractivity contribution in [1.29, 1.82) is 0 Å². The molecule has 10 heteroatoms. The Kier molecular flexibility index (Phi) is 17.6. The number of unbranched alkanes of at least 4 members (excludes halogenated alkanes) is 6. The van der Waals surface area contributed by atoms with Crippen LogP contribution >= 0.6 is 7.82 Å². The fraction of sp³-hybridized carbons (Fsp3) is 0.952. The molecule has 0 aromatic carbocycles. The van der Waals surface area contributed by atoms with E-state index in [0.717, 1.165) is 12.8 Å². The van der Waals surface area contributed by atoms with E-state index >= 15 is 0 Å². The van der Waals surface area contributed by atoms with Crippen LogP contribution in [0.2, 0.25) is 0 Å². The molecule has 186 valence electrons. The lowest BCUT2D eigenvalue weighted by Gasteiger charge is -2.24. The van der Waals surface area contributed by atoms with E-state index in [1.54, 1.807) is 0 Å². The van der Waals surface area contributed by atoms with E-state index in [9.17, 15) is 14.3 Å². The number of phosphoric acid groups is 1. The molecule has 2 atom stereocenters. The first-order valence-electron chi connectivity index (χ1n) is 11.4. The topological polar surface area (TPSA) is 112 Å². The van der Waals surface area contributed by atoms with Crippen molar-refractivity contribution in [1.82, 2.24) is 0 Å². The SMILES string of the molecule is CCCCCCCCOCC(COP(=O)(O)OCC[N+](C)(C)C)OCCCCC(=O)O. The summed E-state index contributed by atoms with van der Waals surface area (Å²) >= 11 is 0. The maximum Gasteiger partial charge on any atom is 0.472 e. The van der Waals surface area contributed by atoms with Crippen molar-refractivity contribution in [3.63, 3.8) is 0 Å². The average Bonchev–Trinajstić information content (AvgIpc) is 2.65. The summed E-state index contributed by atoms with van der Waals surface area (Å²) in [5.41, 5.74) is 0. The average molecular weight is 471 g/mol. The van der Waals surface area contributed by atoms with Crippen LogP contribution in [-0.4, -0.2) is 87.3 Å². The number of carboxylic acid groups (broad SMARTS) is 1. The maximum absolute atomic E-state index is 12.1. The van der Waals surface area contributed by atoms with Gasteiger partial charge in [0.2, 0.25) is 0 Å². The van der Waals surface area contributed by atoms with Gasteiger partial charge in [-0.3, -0.25) is 13.8 Å². The first-order chi connectivity index (χ1) is 14.6. The fourth-order valence-electron chi connectivity index (χ4n) is 2.62. The lowest BCUT2D eigenvalue weighted by atomic mass is 10.1. The van der Waals surface area contributed by atoms with Gasteiger partial charge in [-0.2, -0.15) is 0 Å². The van der Waals surface area contributed by atoms with Gasteiger partial charge in [0, 0.05) is 19.6 Å². The van der Waals surface area contributed by atoms with Crippen LogP contribution < -0.4 is 0 Å². The predicted molar refractivity (Wildman–Crippen MR) is 120 cm³/mol. The molecule has 0 fully saturated rings. The highest BCUT2D eigenvalue weighted by atomic mass is 31.2. The number of likely N-dealkylation sites (N-methyl/N-ethyl adjacent to an activating group) is 1. The van der Waals surface area contributed by atoms with E-state index in [1.165, 1.54) is 25.7 Å². The van der Waals surface area contributed by atoms with E-state index in [2.05, 4.69) is 6.92 Å². The van der Waals surface area contributed by atoms with Crippen LogP contribution in [0.3, 0.4) is 0 Å². The van der Waals surface area contributed by atoms with E-state index < -0.39 is 19.9 Å². The maximum atomic E-state index is 12.1. The van der Waals surface area contributed by atoms with Gasteiger partial charge in [-0.1, -0.05) is 39.0 Å². The lowest BCUT2D eigenvalue weighted by molar-refractivity contribution is -0.870. The van der Waals surface area contributed by atoms with Crippen molar-refractivity contribution in [3.8, 4) is 0 Å². The zero-order chi connectivity index (χ0) is 23.6. The largest absolute Gasteiger partial charge is 0.481 e. The van der Waals surface area contributed by atoms with Crippen molar-refractivity contribution in [2.24, 2.45) is 0 Å². The summed E-state index contributed by atoms with van der Waals surface area (Å²) in [7, 11) is 1.71. The number of rotatable bonds is 22. The number of aliphatic carboxylic acids is 1. The first kappa shape index (κ1) is 30.5. The third-order valence-corrected chi connectivity index (χ3v) is 5.51. The zero-order valence-corrected chi connectivity index (χ0v) is 20.8. The summed E-state index contributed by atoms with van der Waals surface area (Å²) in [6.07, 6.45) is 7.65. The van der Waals surface area contributed by atoms with E-state index in [0.29, 0.717) is 37.1 Å². The van der Waals surface area contributed by atoms with Gasteiger partial charge in [-0.05, 0) is 19.3 Å². The molecule has 0 saturated heterocycles. The van der Waals surface area contributed by atoms with Gasteiger partial charge in [0.1, 0.15) is 19.3 Å². The summed E-state index contributed by atoms with van der Waals surface area (Å²) in [5, 5.41) is 8.70. The molecule has 0 radical (unpaired) electrons. The second kappa shape index (κ2) is 18.0. The van der Waals surface area contributed by atoms with Gasteiger partial charge >= 0.3 is 13.8 Å². The van der Waals surface area contributed by atoms with Crippen LogP contribution in [0.1, 0.15) is 64.7 Å². The molecular weight excluding hydrogens is 425 g/mol. The standard InChI is InChI=1S/C21H44NO8P/c1-5-6-7-8-9-11-15-27-18-20(28-16-12-10-13-21(23)24)19-30-31(25,26)29-17-14-22(2,3)4/h20H,5-19H2,1-4H3,(H-,23,24,25,26)/p+1. The normalized spacial score (nSPS) is 15.0. The smallest absolute Gasteiger partial charge is 0.472 e. The highest BCUT2D eigenvalue weighted by molar-refractivity contribution is 7.47. The molecule has 0 bridgehead atoms. The molecule has 9 nitrogen and oxygen atoms in total. The fourth-order valence-corrected chi connectivity index (χ4v) is 3.36.